The van der Waals surface area contributed by atoms with Gasteiger partial charge in [0, 0.05) is 31.7 Å². The average Bonchev–Trinajstić information content (AvgIpc) is 2.75. The monoisotopic (exact) mass is 414 g/mol. The summed E-state index contributed by atoms with van der Waals surface area (Å²) in [4.78, 5) is 29.0. The number of hydrogen-bond acceptors (Lipinski definition) is 3. The first-order valence-corrected chi connectivity index (χ1v) is 10.4. The van der Waals surface area contributed by atoms with E-state index in [1.807, 2.05) is 43.3 Å². The highest BCUT2D eigenvalue weighted by Crippen LogP contribution is 2.26. The first-order chi connectivity index (χ1) is 13.9. The van der Waals surface area contributed by atoms with Crippen molar-refractivity contribution in [3.8, 4) is 5.75 Å². The van der Waals surface area contributed by atoms with Crippen LogP contribution < -0.4 is 4.74 Å². The minimum absolute atomic E-state index is 0.00981. The van der Waals surface area contributed by atoms with Gasteiger partial charge in [-0.25, -0.2) is 0 Å². The number of carbonyl (C=O) groups excluding carboxylic acids is 2. The minimum atomic E-state index is -0.641. The largest absolute Gasteiger partial charge is 0.479 e. The van der Waals surface area contributed by atoms with Crippen LogP contribution in [-0.4, -0.2) is 53.9 Å². The number of halogens is 1. The fourth-order valence-electron chi connectivity index (χ4n) is 3.39. The molecular weight excluding hydrogens is 388 g/mol. The van der Waals surface area contributed by atoms with E-state index in [2.05, 4.69) is 6.92 Å². The molecule has 0 radical (unpaired) electrons. The first kappa shape index (κ1) is 21.2. The molecule has 0 N–H and O–H groups in total. The molecule has 0 bridgehead atoms. The first-order valence-electron chi connectivity index (χ1n) is 9.99. The molecule has 29 heavy (non-hydrogen) atoms. The van der Waals surface area contributed by atoms with Gasteiger partial charge in [-0.15, -0.1) is 0 Å². The van der Waals surface area contributed by atoms with E-state index in [-0.39, 0.29) is 11.8 Å². The second-order valence-corrected chi connectivity index (χ2v) is 7.77. The number of carbonyl (C=O) groups is 2. The summed E-state index contributed by atoms with van der Waals surface area (Å²) in [6.45, 7) is 7.77. The van der Waals surface area contributed by atoms with Crippen LogP contribution in [-0.2, 0) is 11.2 Å². The summed E-state index contributed by atoms with van der Waals surface area (Å²) >= 11 is 6.17. The summed E-state index contributed by atoms with van der Waals surface area (Å²) < 4.78 is 5.80. The molecule has 154 valence electrons. The second kappa shape index (κ2) is 9.31. The van der Waals surface area contributed by atoms with Crippen molar-refractivity contribution in [3.05, 3.63) is 64.2 Å². The van der Waals surface area contributed by atoms with Gasteiger partial charge >= 0.3 is 0 Å². The van der Waals surface area contributed by atoms with Crippen LogP contribution in [0.3, 0.4) is 0 Å². The van der Waals surface area contributed by atoms with Crippen LogP contribution in [0.4, 0.5) is 0 Å². The van der Waals surface area contributed by atoms with E-state index in [4.69, 9.17) is 16.3 Å². The number of aryl methyl sites for hydroxylation is 2. The van der Waals surface area contributed by atoms with Gasteiger partial charge in [0.1, 0.15) is 5.75 Å². The molecule has 1 unspecified atom stereocenters. The Kier molecular flexibility index (Phi) is 6.80. The smallest absolute Gasteiger partial charge is 0.263 e. The number of hydrogen-bond donors (Lipinski definition) is 0. The number of benzene rings is 2. The third-order valence-electron chi connectivity index (χ3n) is 5.23. The third-order valence-corrected chi connectivity index (χ3v) is 5.54. The van der Waals surface area contributed by atoms with Gasteiger partial charge in [-0.1, -0.05) is 36.7 Å². The Morgan fingerprint density at radius 2 is 1.66 bits per heavy atom. The predicted octanol–water partition coefficient (Wildman–Crippen LogP) is 3.96. The lowest BCUT2D eigenvalue weighted by Gasteiger charge is -2.36. The molecule has 1 fully saturated rings. The Morgan fingerprint density at radius 1 is 1.03 bits per heavy atom. The van der Waals surface area contributed by atoms with Crippen molar-refractivity contribution >= 4 is 23.4 Å². The Bertz CT molecular complexity index is 874. The molecule has 1 saturated heterocycles. The molecule has 2 aromatic carbocycles. The second-order valence-electron chi connectivity index (χ2n) is 7.36. The molecule has 5 nitrogen and oxygen atoms in total. The Labute approximate surface area is 177 Å². The lowest BCUT2D eigenvalue weighted by atomic mass is 10.1. The van der Waals surface area contributed by atoms with Crippen molar-refractivity contribution in [2.75, 3.05) is 26.2 Å². The fourth-order valence-corrected chi connectivity index (χ4v) is 3.56. The molecule has 1 aliphatic heterocycles. The number of piperazine rings is 1. The molecule has 2 aromatic rings. The Morgan fingerprint density at radius 3 is 2.28 bits per heavy atom. The van der Waals surface area contributed by atoms with Crippen molar-refractivity contribution in [2.24, 2.45) is 0 Å². The third kappa shape index (κ3) is 5.10. The van der Waals surface area contributed by atoms with Crippen LogP contribution in [0.5, 0.6) is 5.75 Å². The normalized spacial score (nSPS) is 15.2. The van der Waals surface area contributed by atoms with E-state index in [1.165, 1.54) is 5.56 Å². The van der Waals surface area contributed by atoms with Crippen LogP contribution in [0, 0.1) is 6.92 Å². The van der Waals surface area contributed by atoms with E-state index in [1.54, 1.807) is 22.8 Å². The van der Waals surface area contributed by atoms with E-state index in [0.29, 0.717) is 42.5 Å². The highest BCUT2D eigenvalue weighted by molar-refractivity contribution is 6.32. The molecule has 0 aliphatic carbocycles. The van der Waals surface area contributed by atoms with Gasteiger partial charge in [0.05, 0.1) is 5.02 Å². The van der Waals surface area contributed by atoms with Gasteiger partial charge in [0.2, 0.25) is 0 Å². The predicted molar refractivity (Wildman–Crippen MR) is 115 cm³/mol. The SMILES string of the molecule is CCc1ccc(C(=O)N2CCN(C(=O)C(C)Oc3cc(C)ccc3Cl)CC2)cc1. The van der Waals surface area contributed by atoms with Crippen LogP contribution in [0.25, 0.3) is 0 Å². The zero-order valence-corrected chi connectivity index (χ0v) is 17.9. The van der Waals surface area contributed by atoms with E-state index < -0.39 is 6.10 Å². The van der Waals surface area contributed by atoms with Crippen LogP contribution in [0.1, 0.15) is 35.3 Å². The summed E-state index contributed by atoms with van der Waals surface area (Å²) in [5.74, 6) is 0.425. The van der Waals surface area contributed by atoms with Crippen molar-refractivity contribution < 1.29 is 14.3 Å². The van der Waals surface area contributed by atoms with E-state index in [9.17, 15) is 9.59 Å². The van der Waals surface area contributed by atoms with E-state index >= 15 is 0 Å². The number of ether oxygens (including phenoxy) is 1. The lowest BCUT2D eigenvalue weighted by Crippen LogP contribution is -2.53. The quantitative estimate of drug-likeness (QED) is 0.744. The molecule has 2 amide bonds. The van der Waals surface area contributed by atoms with Crippen molar-refractivity contribution in [2.45, 2.75) is 33.3 Å². The molecule has 6 heteroatoms. The minimum Gasteiger partial charge on any atom is -0.479 e. The maximum atomic E-state index is 12.8. The lowest BCUT2D eigenvalue weighted by molar-refractivity contribution is -0.139. The van der Waals surface area contributed by atoms with Crippen LogP contribution >= 0.6 is 11.6 Å². The van der Waals surface area contributed by atoms with Crippen molar-refractivity contribution in [1.29, 1.82) is 0 Å². The average molecular weight is 415 g/mol. The topological polar surface area (TPSA) is 49.9 Å². The van der Waals surface area contributed by atoms with E-state index in [0.717, 1.165) is 12.0 Å². The molecule has 0 aromatic heterocycles. The zero-order valence-electron chi connectivity index (χ0n) is 17.2. The maximum Gasteiger partial charge on any atom is 0.263 e. The van der Waals surface area contributed by atoms with Crippen LogP contribution in [0.2, 0.25) is 5.02 Å². The fraction of sp³-hybridized carbons (Fsp3) is 0.391. The standard InChI is InChI=1S/C23H27ClN2O3/c1-4-18-6-8-19(9-7-18)23(28)26-13-11-25(12-14-26)22(27)17(3)29-21-15-16(2)5-10-20(21)24/h5-10,15,17H,4,11-14H2,1-3H3. The molecule has 0 spiro atoms. The van der Waals surface area contributed by atoms with Gasteiger partial charge in [-0.3, -0.25) is 9.59 Å². The van der Waals surface area contributed by atoms with Crippen LogP contribution in [0.15, 0.2) is 42.5 Å². The van der Waals surface area contributed by atoms with Gasteiger partial charge in [0.15, 0.2) is 6.10 Å². The summed E-state index contributed by atoms with van der Waals surface area (Å²) in [7, 11) is 0. The summed E-state index contributed by atoms with van der Waals surface area (Å²) in [5.41, 5.74) is 2.91. The van der Waals surface area contributed by atoms with Gasteiger partial charge in [-0.05, 0) is 55.7 Å². The Hall–Kier alpha value is -2.53. The number of nitrogens with zero attached hydrogens (tertiary/aromatic N) is 2. The molecular formula is C23H27ClN2O3. The molecule has 0 saturated carbocycles. The highest BCUT2D eigenvalue weighted by atomic mass is 35.5. The zero-order chi connectivity index (χ0) is 21.0. The summed E-state index contributed by atoms with van der Waals surface area (Å²) in [6.07, 6.45) is 0.307. The van der Waals surface area contributed by atoms with Crippen molar-refractivity contribution in [3.63, 3.8) is 0 Å². The molecule has 1 heterocycles. The number of amides is 2. The summed E-state index contributed by atoms with van der Waals surface area (Å²) in [6, 6.07) is 13.2. The molecule has 3 rings (SSSR count). The maximum absolute atomic E-state index is 12.8. The number of rotatable bonds is 5. The molecule has 1 aliphatic rings. The van der Waals surface area contributed by atoms with Gasteiger partial charge in [0.25, 0.3) is 11.8 Å². The Balaban J connectivity index is 1.55. The highest BCUT2D eigenvalue weighted by Gasteiger charge is 2.28. The van der Waals surface area contributed by atoms with Gasteiger partial charge in [-0.2, -0.15) is 0 Å². The van der Waals surface area contributed by atoms with Gasteiger partial charge < -0.3 is 14.5 Å². The molecule has 1 atom stereocenters. The van der Waals surface area contributed by atoms with Crippen molar-refractivity contribution in [1.82, 2.24) is 9.80 Å². The summed E-state index contributed by atoms with van der Waals surface area (Å²) in [5, 5.41) is 0.486.